The normalized spacial score (nSPS) is 19.4. The van der Waals surface area contributed by atoms with Gasteiger partial charge in [-0.2, -0.15) is 0 Å². The van der Waals surface area contributed by atoms with Crippen molar-refractivity contribution < 1.29 is 5.11 Å². The van der Waals surface area contributed by atoms with Crippen molar-refractivity contribution in [2.75, 3.05) is 11.9 Å². The molecule has 0 spiro atoms. The standard InChI is InChI=1S/C18H20N6O/c1-23(14-6-12(19)7-14)18-10-21-16(9-22-18)15-3-2-13(8-17(15)25)24-5-4-20-11-24/h2-5,8-12,14,25H,6-7,19H2,1H3. The van der Waals surface area contributed by atoms with Crippen molar-refractivity contribution in [3.8, 4) is 22.7 Å². The van der Waals surface area contributed by atoms with Crippen LogP contribution in [0.1, 0.15) is 12.8 Å². The molecule has 2 heterocycles. The number of anilines is 1. The second-order valence-electron chi connectivity index (χ2n) is 6.43. The third-order valence-corrected chi connectivity index (χ3v) is 4.76. The molecule has 0 saturated heterocycles. The summed E-state index contributed by atoms with van der Waals surface area (Å²) < 4.78 is 1.83. The van der Waals surface area contributed by atoms with E-state index in [-0.39, 0.29) is 5.75 Å². The smallest absolute Gasteiger partial charge is 0.147 e. The molecular formula is C18H20N6O. The zero-order valence-corrected chi connectivity index (χ0v) is 13.9. The van der Waals surface area contributed by atoms with Crippen LogP contribution < -0.4 is 10.6 Å². The van der Waals surface area contributed by atoms with E-state index >= 15 is 0 Å². The molecule has 1 fully saturated rings. The number of nitrogens with zero attached hydrogens (tertiary/aromatic N) is 5. The highest BCUT2D eigenvalue weighted by Crippen LogP contribution is 2.31. The number of phenolic OH excluding ortho intramolecular Hbond substituents is 1. The highest BCUT2D eigenvalue weighted by Gasteiger charge is 2.30. The lowest BCUT2D eigenvalue weighted by Gasteiger charge is -2.39. The minimum absolute atomic E-state index is 0.159. The van der Waals surface area contributed by atoms with E-state index in [4.69, 9.17) is 5.73 Å². The molecule has 25 heavy (non-hydrogen) atoms. The second-order valence-corrected chi connectivity index (χ2v) is 6.43. The van der Waals surface area contributed by atoms with Crippen molar-refractivity contribution in [3.63, 3.8) is 0 Å². The molecular weight excluding hydrogens is 316 g/mol. The van der Waals surface area contributed by atoms with Gasteiger partial charge < -0.3 is 20.3 Å². The van der Waals surface area contributed by atoms with Gasteiger partial charge in [0.05, 0.1) is 30.1 Å². The highest BCUT2D eigenvalue weighted by atomic mass is 16.3. The van der Waals surface area contributed by atoms with Gasteiger partial charge in [-0.25, -0.2) is 9.97 Å². The van der Waals surface area contributed by atoms with E-state index in [9.17, 15) is 5.11 Å². The molecule has 1 aliphatic carbocycles. The zero-order chi connectivity index (χ0) is 17.4. The molecule has 7 heteroatoms. The minimum atomic E-state index is 0.159. The number of imidazole rings is 1. The van der Waals surface area contributed by atoms with Crippen LogP contribution in [-0.2, 0) is 0 Å². The van der Waals surface area contributed by atoms with Crippen LogP contribution in [0, 0.1) is 0 Å². The molecule has 1 saturated carbocycles. The number of aromatic nitrogens is 4. The number of hydrogen-bond donors (Lipinski definition) is 2. The van der Waals surface area contributed by atoms with E-state index < -0.39 is 0 Å². The topological polar surface area (TPSA) is 93.1 Å². The van der Waals surface area contributed by atoms with Gasteiger partial charge in [-0.05, 0) is 25.0 Å². The maximum atomic E-state index is 10.4. The summed E-state index contributed by atoms with van der Waals surface area (Å²) in [6.07, 6.45) is 10.6. The number of phenols is 1. The Bertz CT molecular complexity index is 856. The first-order chi connectivity index (χ1) is 12.1. The fraction of sp³-hybridized carbons (Fsp3) is 0.278. The van der Waals surface area contributed by atoms with Crippen LogP contribution in [0.15, 0.2) is 49.3 Å². The van der Waals surface area contributed by atoms with Gasteiger partial charge in [0.2, 0.25) is 0 Å². The Labute approximate surface area is 145 Å². The van der Waals surface area contributed by atoms with E-state index in [0.29, 0.717) is 23.3 Å². The molecule has 0 bridgehead atoms. The van der Waals surface area contributed by atoms with Gasteiger partial charge in [0.25, 0.3) is 0 Å². The molecule has 0 unspecified atom stereocenters. The maximum Gasteiger partial charge on any atom is 0.147 e. The molecule has 0 aliphatic heterocycles. The first kappa shape index (κ1) is 15.6. The van der Waals surface area contributed by atoms with Crippen molar-refractivity contribution in [2.45, 2.75) is 24.9 Å². The van der Waals surface area contributed by atoms with Crippen molar-refractivity contribution in [3.05, 3.63) is 49.3 Å². The van der Waals surface area contributed by atoms with Crippen LogP contribution in [0.5, 0.6) is 5.75 Å². The van der Waals surface area contributed by atoms with Crippen molar-refractivity contribution in [1.29, 1.82) is 0 Å². The Morgan fingerprint density at radius 3 is 2.68 bits per heavy atom. The summed E-state index contributed by atoms with van der Waals surface area (Å²) in [5, 5.41) is 10.4. The first-order valence-corrected chi connectivity index (χ1v) is 8.24. The lowest BCUT2D eigenvalue weighted by atomic mass is 9.86. The van der Waals surface area contributed by atoms with Crippen LogP contribution >= 0.6 is 0 Å². The third kappa shape index (κ3) is 2.94. The number of benzene rings is 1. The largest absolute Gasteiger partial charge is 0.507 e. The lowest BCUT2D eigenvalue weighted by molar-refractivity contribution is 0.338. The minimum Gasteiger partial charge on any atom is -0.507 e. The van der Waals surface area contributed by atoms with Gasteiger partial charge in [0.1, 0.15) is 11.6 Å². The number of hydrogen-bond acceptors (Lipinski definition) is 6. The first-order valence-electron chi connectivity index (χ1n) is 8.24. The Balaban J connectivity index is 1.56. The van der Waals surface area contributed by atoms with Gasteiger partial charge in [-0.15, -0.1) is 0 Å². The fourth-order valence-electron chi connectivity index (χ4n) is 3.08. The second kappa shape index (κ2) is 6.18. The Morgan fingerprint density at radius 2 is 2.08 bits per heavy atom. The molecule has 1 aliphatic rings. The Hall–Kier alpha value is -2.93. The molecule has 2 aromatic heterocycles. The van der Waals surface area contributed by atoms with E-state index in [1.807, 2.05) is 29.9 Å². The molecule has 0 atom stereocenters. The van der Waals surface area contributed by atoms with Crippen LogP contribution in [0.3, 0.4) is 0 Å². The van der Waals surface area contributed by atoms with Crippen LogP contribution in [-0.4, -0.2) is 43.8 Å². The molecule has 3 N–H and O–H groups in total. The number of rotatable bonds is 4. The van der Waals surface area contributed by atoms with Gasteiger partial charge >= 0.3 is 0 Å². The van der Waals surface area contributed by atoms with Crippen LogP contribution in [0.4, 0.5) is 5.82 Å². The molecule has 0 radical (unpaired) electrons. The monoisotopic (exact) mass is 336 g/mol. The molecule has 1 aromatic carbocycles. The average molecular weight is 336 g/mol. The van der Waals surface area contributed by atoms with E-state index in [1.54, 1.807) is 31.0 Å². The van der Waals surface area contributed by atoms with Gasteiger partial charge in [0, 0.05) is 43.2 Å². The van der Waals surface area contributed by atoms with E-state index in [1.165, 1.54) is 0 Å². The van der Waals surface area contributed by atoms with Crippen molar-refractivity contribution in [2.24, 2.45) is 5.73 Å². The summed E-state index contributed by atoms with van der Waals surface area (Å²) in [7, 11) is 2.01. The predicted octanol–water partition coefficient (Wildman–Crippen LogP) is 1.96. The average Bonchev–Trinajstić information content (AvgIpc) is 3.13. The fourth-order valence-corrected chi connectivity index (χ4v) is 3.08. The molecule has 3 aromatic rings. The quantitative estimate of drug-likeness (QED) is 0.756. The zero-order valence-electron chi connectivity index (χ0n) is 13.9. The third-order valence-electron chi connectivity index (χ3n) is 4.76. The maximum absolute atomic E-state index is 10.4. The number of aromatic hydroxyl groups is 1. The summed E-state index contributed by atoms with van der Waals surface area (Å²) in [6.45, 7) is 0. The Kier molecular flexibility index (Phi) is 3.85. The van der Waals surface area contributed by atoms with Crippen molar-refractivity contribution >= 4 is 5.82 Å². The van der Waals surface area contributed by atoms with Gasteiger partial charge in [-0.3, -0.25) is 4.98 Å². The summed E-state index contributed by atoms with van der Waals surface area (Å²) in [5.74, 6) is 0.974. The Morgan fingerprint density at radius 1 is 1.24 bits per heavy atom. The van der Waals surface area contributed by atoms with Crippen molar-refractivity contribution in [1.82, 2.24) is 19.5 Å². The van der Waals surface area contributed by atoms with Gasteiger partial charge in [-0.1, -0.05) is 0 Å². The summed E-state index contributed by atoms with van der Waals surface area (Å²) >= 11 is 0. The molecule has 128 valence electrons. The van der Waals surface area contributed by atoms with E-state index in [0.717, 1.165) is 24.3 Å². The van der Waals surface area contributed by atoms with Crippen LogP contribution in [0.2, 0.25) is 0 Å². The number of nitrogens with two attached hydrogens (primary N) is 1. The summed E-state index contributed by atoms with van der Waals surface area (Å²) in [5.41, 5.74) is 7.98. The molecule has 7 nitrogen and oxygen atoms in total. The summed E-state index contributed by atoms with van der Waals surface area (Å²) in [6, 6.07) is 6.16. The highest BCUT2D eigenvalue weighted by molar-refractivity contribution is 5.68. The van der Waals surface area contributed by atoms with E-state index in [2.05, 4.69) is 19.9 Å². The predicted molar refractivity (Wildman–Crippen MR) is 95.7 cm³/mol. The molecule has 4 rings (SSSR count). The lowest BCUT2D eigenvalue weighted by Crippen LogP contribution is -2.49. The van der Waals surface area contributed by atoms with Gasteiger partial charge in [0.15, 0.2) is 0 Å². The SMILES string of the molecule is CN(c1cnc(-c2ccc(-n3ccnc3)cc2O)cn1)C1CC(N)C1. The summed E-state index contributed by atoms with van der Waals surface area (Å²) in [4.78, 5) is 15.1. The van der Waals surface area contributed by atoms with Crippen LogP contribution in [0.25, 0.3) is 16.9 Å². The molecule has 0 amide bonds.